The van der Waals surface area contributed by atoms with E-state index in [4.69, 9.17) is 15.6 Å². The van der Waals surface area contributed by atoms with E-state index in [1.165, 1.54) is 12.1 Å². The second-order valence-corrected chi connectivity index (χ2v) is 4.72. The van der Waals surface area contributed by atoms with Crippen molar-refractivity contribution in [3.8, 4) is 11.8 Å². The van der Waals surface area contributed by atoms with E-state index in [2.05, 4.69) is 16.7 Å². The Balaban J connectivity index is 2.12. The molecule has 0 amide bonds. The summed E-state index contributed by atoms with van der Waals surface area (Å²) in [6, 6.07) is 4.62. The SMILES string of the molecule is NCC#Cc1cc(F)ccc1CN1CCOC(CO)C1. The van der Waals surface area contributed by atoms with Crippen molar-refractivity contribution in [2.75, 3.05) is 32.8 Å². The summed E-state index contributed by atoms with van der Waals surface area (Å²) in [6.45, 7) is 2.97. The fourth-order valence-corrected chi connectivity index (χ4v) is 2.22. The molecule has 1 fully saturated rings. The zero-order valence-corrected chi connectivity index (χ0v) is 11.3. The third-order valence-electron chi connectivity index (χ3n) is 3.22. The van der Waals surface area contributed by atoms with Crippen molar-refractivity contribution in [1.82, 2.24) is 4.90 Å². The Bertz CT molecular complexity index is 510. The summed E-state index contributed by atoms with van der Waals surface area (Å²) in [5, 5.41) is 9.14. The number of halogens is 1. The molecule has 20 heavy (non-hydrogen) atoms. The number of nitrogens with two attached hydrogens (primary N) is 1. The van der Waals surface area contributed by atoms with Crippen molar-refractivity contribution in [2.45, 2.75) is 12.6 Å². The summed E-state index contributed by atoms with van der Waals surface area (Å²) in [7, 11) is 0. The second kappa shape index (κ2) is 7.36. The summed E-state index contributed by atoms with van der Waals surface area (Å²) in [4.78, 5) is 2.17. The van der Waals surface area contributed by atoms with Gasteiger partial charge >= 0.3 is 0 Å². The molecule has 0 aliphatic carbocycles. The van der Waals surface area contributed by atoms with Gasteiger partial charge in [0.1, 0.15) is 5.82 Å². The predicted octanol–water partition coefficient (Wildman–Crippen LogP) is 0.329. The van der Waals surface area contributed by atoms with Gasteiger partial charge in [0.05, 0.1) is 25.9 Å². The fraction of sp³-hybridized carbons (Fsp3) is 0.467. The van der Waals surface area contributed by atoms with Gasteiger partial charge in [-0.2, -0.15) is 0 Å². The molecule has 0 saturated carbocycles. The Morgan fingerprint density at radius 2 is 2.35 bits per heavy atom. The van der Waals surface area contributed by atoms with E-state index in [9.17, 15) is 4.39 Å². The van der Waals surface area contributed by atoms with Crippen molar-refractivity contribution >= 4 is 0 Å². The molecule has 5 heteroatoms. The zero-order valence-electron chi connectivity index (χ0n) is 11.3. The molecule has 1 heterocycles. The largest absolute Gasteiger partial charge is 0.394 e. The number of rotatable bonds is 3. The van der Waals surface area contributed by atoms with Crippen LogP contribution in [0.1, 0.15) is 11.1 Å². The van der Waals surface area contributed by atoms with Crippen molar-refractivity contribution in [3.05, 3.63) is 35.1 Å². The average Bonchev–Trinajstić information content (AvgIpc) is 2.47. The first-order valence-electron chi connectivity index (χ1n) is 6.65. The molecule has 4 nitrogen and oxygen atoms in total. The number of nitrogens with zero attached hydrogens (tertiary/aromatic N) is 1. The molecule has 1 atom stereocenters. The molecule has 1 unspecified atom stereocenters. The van der Waals surface area contributed by atoms with Crippen LogP contribution in [0, 0.1) is 17.7 Å². The van der Waals surface area contributed by atoms with Crippen LogP contribution in [0.4, 0.5) is 4.39 Å². The number of aliphatic hydroxyl groups is 1. The number of hydrogen-bond acceptors (Lipinski definition) is 4. The van der Waals surface area contributed by atoms with E-state index >= 15 is 0 Å². The summed E-state index contributed by atoms with van der Waals surface area (Å²) < 4.78 is 18.7. The van der Waals surface area contributed by atoms with Gasteiger partial charge in [0, 0.05) is 25.2 Å². The summed E-state index contributed by atoms with van der Waals surface area (Å²) in [6.07, 6.45) is -0.150. The Labute approximate surface area is 118 Å². The van der Waals surface area contributed by atoms with Crippen LogP contribution in [0.2, 0.25) is 0 Å². The fourth-order valence-electron chi connectivity index (χ4n) is 2.22. The van der Waals surface area contributed by atoms with Gasteiger partial charge in [-0.3, -0.25) is 4.90 Å². The minimum absolute atomic E-state index is 0.0136. The van der Waals surface area contributed by atoms with Crippen LogP contribution < -0.4 is 5.73 Å². The van der Waals surface area contributed by atoms with Gasteiger partial charge in [-0.1, -0.05) is 17.9 Å². The lowest BCUT2D eigenvalue weighted by atomic mass is 10.1. The lowest BCUT2D eigenvalue weighted by molar-refractivity contribution is -0.0551. The van der Waals surface area contributed by atoms with Gasteiger partial charge in [0.2, 0.25) is 0 Å². The van der Waals surface area contributed by atoms with Crippen LogP contribution >= 0.6 is 0 Å². The number of aliphatic hydroxyl groups excluding tert-OH is 1. The lowest BCUT2D eigenvalue weighted by Gasteiger charge is -2.32. The molecule has 1 saturated heterocycles. The summed E-state index contributed by atoms with van der Waals surface area (Å²) in [5.74, 6) is 5.36. The van der Waals surface area contributed by atoms with E-state index in [0.29, 0.717) is 25.3 Å². The molecule has 2 rings (SSSR count). The highest BCUT2D eigenvalue weighted by Gasteiger charge is 2.20. The van der Waals surface area contributed by atoms with E-state index in [0.717, 1.165) is 12.1 Å². The molecule has 1 aromatic rings. The van der Waals surface area contributed by atoms with Gasteiger partial charge in [-0.05, 0) is 17.7 Å². The molecule has 0 bridgehead atoms. The Morgan fingerprint density at radius 3 is 3.10 bits per heavy atom. The smallest absolute Gasteiger partial charge is 0.124 e. The Hall–Kier alpha value is -1.45. The van der Waals surface area contributed by atoms with E-state index in [-0.39, 0.29) is 25.1 Å². The third-order valence-corrected chi connectivity index (χ3v) is 3.22. The Morgan fingerprint density at radius 1 is 1.50 bits per heavy atom. The maximum atomic E-state index is 13.3. The minimum Gasteiger partial charge on any atom is -0.394 e. The standard InChI is InChI=1S/C15H19FN2O2/c16-14-4-3-13(12(8-14)2-1-5-17)9-18-6-7-20-15(10-18)11-19/h3-4,8,15,19H,5-7,9-11,17H2. The van der Waals surface area contributed by atoms with Gasteiger partial charge in [-0.15, -0.1) is 0 Å². The number of morpholine rings is 1. The van der Waals surface area contributed by atoms with Crippen molar-refractivity contribution < 1.29 is 14.2 Å². The normalized spacial score (nSPS) is 19.4. The first kappa shape index (κ1) is 14.9. The average molecular weight is 278 g/mol. The van der Waals surface area contributed by atoms with Gasteiger partial charge < -0.3 is 15.6 Å². The molecule has 108 valence electrons. The molecule has 1 aromatic carbocycles. The number of ether oxygens (including phenoxy) is 1. The quantitative estimate of drug-likeness (QED) is 0.782. The minimum atomic E-state index is -0.301. The second-order valence-electron chi connectivity index (χ2n) is 4.72. The van der Waals surface area contributed by atoms with Crippen LogP contribution in [-0.4, -0.2) is 49.0 Å². The highest BCUT2D eigenvalue weighted by atomic mass is 19.1. The predicted molar refractivity (Wildman–Crippen MR) is 74.4 cm³/mol. The van der Waals surface area contributed by atoms with Crippen molar-refractivity contribution in [1.29, 1.82) is 0 Å². The van der Waals surface area contributed by atoms with Gasteiger partial charge in [-0.25, -0.2) is 4.39 Å². The third kappa shape index (κ3) is 4.02. The highest BCUT2D eigenvalue weighted by Crippen LogP contribution is 2.15. The zero-order chi connectivity index (χ0) is 14.4. The van der Waals surface area contributed by atoms with Crippen molar-refractivity contribution in [3.63, 3.8) is 0 Å². The summed E-state index contributed by atoms with van der Waals surface area (Å²) in [5.41, 5.74) is 7.00. The number of benzene rings is 1. The van der Waals surface area contributed by atoms with Gasteiger partial charge in [0.15, 0.2) is 0 Å². The van der Waals surface area contributed by atoms with Crippen LogP contribution in [0.25, 0.3) is 0 Å². The molecule has 3 N–H and O–H groups in total. The maximum Gasteiger partial charge on any atom is 0.124 e. The molecule has 1 aliphatic rings. The van der Waals surface area contributed by atoms with E-state index < -0.39 is 0 Å². The molecule has 0 radical (unpaired) electrons. The highest BCUT2D eigenvalue weighted by molar-refractivity contribution is 5.41. The maximum absolute atomic E-state index is 13.3. The number of hydrogen-bond donors (Lipinski definition) is 2. The molecular weight excluding hydrogens is 259 g/mol. The van der Waals surface area contributed by atoms with Crippen LogP contribution in [0.15, 0.2) is 18.2 Å². The monoisotopic (exact) mass is 278 g/mol. The van der Waals surface area contributed by atoms with E-state index in [1.54, 1.807) is 6.07 Å². The van der Waals surface area contributed by atoms with Crippen LogP contribution in [0.5, 0.6) is 0 Å². The topological polar surface area (TPSA) is 58.7 Å². The molecule has 0 aromatic heterocycles. The van der Waals surface area contributed by atoms with Crippen LogP contribution in [-0.2, 0) is 11.3 Å². The molecule has 0 spiro atoms. The Kier molecular flexibility index (Phi) is 5.50. The van der Waals surface area contributed by atoms with E-state index in [1.807, 2.05) is 0 Å². The van der Waals surface area contributed by atoms with Crippen LogP contribution in [0.3, 0.4) is 0 Å². The van der Waals surface area contributed by atoms with Crippen molar-refractivity contribution in [2.24, 2.45) is 5.73 Å². The van der Waals surface area contributed by atoms with Gasteiger partial charge in [0.25, 0.3) is 0 Å². The molecule has 1 aliphatic heterocycles. The summed E-state index contributed by atoms with van der Waals surface area (Å²) >= 11 is 0. The molecular formula is C15H19FN2O2. The lowest BCUT2D eigenvalue weighted by Crippen LogP contribution is -2.43. The first-order chi connectivity index (χ1) is 9.72. The first-order valence-corrected chi connectivity index (χ1v) is 6.65.